The second-order valence-corrected chi connectivity index (χ2v) is 7.66. The first kappa shape index (κ1) is 17.4. The standard InChI is InChI=1S/C20H22BrN5/c1-26-18(8-3-9-19(26)20-16(21)6-4-10-23-20)17-7-2-5-14(25-17)11-15-12-22-13-24-15/h2,4-7,10,12-13,18-19H,3,8-9,11H2,1H3,(H,22,24)/t18-,19+/m1/s1. The van der Waals surface area contributed by atoms with E-state index in [9.17, 15) is 0 Å². The highest BCUT2D eigenvalue weighted by Gasteiger charge is 2.32. The molecule has 26 heavy (non-hydrogen) atoms. The van der Waals surface area contributed by atoms with Crippen LogP contribution in [-0.4, -0.2) is 31.9 Å². The smallest absolute Gasteiger partial charge is 0.0921 e. The van der Waals surface area contributed by atoms with Crippen LogP contribution in [0.1, 0.15) is 54.1 Å². The van der Waals surface area contributed by atoms with Gasteiger partial charge in [-0.25, -0.2) is 4.98 Å². The molecule has 0 radical (unpaired) electrons. The molecule has 1 aliphatic heterocycles. The van der Waals surface area contributed by atoms with Crippen molar-refractivity contribution in [2.24, 2.45) is 0 Å². The molecule has 1 saturated heterocycles. The molecule has 2 atom stereocenters. The largest absolute Gasteiger partial charge is 0.348 e. The van der Waals surface area contributed by atoms with Gasteiger partial charge in [0, 0.05) is 34.7 Å². The van der Waals surface area contributed by atoms with Crippen molar-refractivity contribution < 1.29 is 0 Å². The lowest BCUT2D eigenvalue weighted by molar-refractivity contribution is 0.109. The maximum Gasteiger partial charge on any atom is 0.0921 e. The minimum Gasteiger partial charge on any atom is -0.348 e. The SMILES string of the molecule is CN1[C@@H](c2cccc(Cc3cnc[nH]3)n2)CCC[C@H]1c1ncccc1Br. The van der Waals surface area contributed by atoms with Crippen LogP contribution < -0.4 is 0 Å². The Labute approximate surface area is 162 Å². The molecule has 0 unspecified atom stereocenters. The number of aromatic nitrogens is 4. The molecular weight excluding hydrogens is 390 g/mol. The highest BCUT2D eigenvalue weighted by molar-refractivity contribution is 9.10. The number of nitrogens with one attached hydrogen (secondary N) is 1. The number of nitrogens with zero attached hydrogens (tertiary/aromatic N) is 4. The number of likely N-dealkylation sites (tertiary alicyclic amines) is 1. The number of aromatic amines is 1. The van der Waals surface area contributed by atoms with Crippen molar-refractivity contribution in [2.45, 2.75) is 37.8 Å². The molecule has 1 aliphatic rings. The maximum absolute atomic E-state index is 4.95. The Morgan fingerprint density at radius 2 is 2.08 bits per heavy atom. The molecule has 6 heteroatoms. The molecule has 4 heterocycles. The summed E-state index contributed by atoms with van der Waals surface area (Å²) >= 11 is 3.67. The number of hydrogen-bond donors (Lipinski definition) is 1. The van der Waals surface area contributed by atoms with Gasteiger partial charge in [-0.3, -0.25) is 14.9 Å². The Hall–Kier alpha value is -2.05. The third-order valence-corrected chi connectivity index (χ3v) is 5.81. The zero-order valence-corrected chi connectivity index (χ0v) is 16.4. The van der Waals surface area contributed by atoms with E-state index in [4.69, 9.17) is 4.98 Å². The quantitative estimate of drug-likeness (QED) is 0.688. The molecule has 1 fully saturated rings. The number of pyridine rings is 2. The van der Waals surface area contributed by atoms with Crippen LogP contribution in [0, 0.1) is 0 Å². The molecule has 0 aliphatic carbocycles. The lowest BCUT2D eigenvalue weighted by Crippen LogP contribution is -2.34. The average Bonchev–Trinajstić information content (AvgIpc) is 3.16. The van der Waals surface area contributed by atoms with E-state index < -0.39 is 0 Å². The van der Waals surface area contributed by atoms with Crippen molar-refractivity contribution in [3.63, 3.8) is 0 Å². The predicted molar refractivity (Wildman–Crippen MR) is 105 cm³/mol. The van der Waals surface area contributed by atoms with Crippen molar-refractivity contribution in [3.05, 3.63) is 76.3 Å². The summed E-state index contributed by atoms with van der Waals surface area (Å²) in [6.45, 7) is 0. The predicted octanol–water partition coefficient (Wildman–Crippen LogP) is 4.45. The Kier molecular flexibility index (Phi) is 5.13. The van der Waals surface area contributed by atoms with Gasteiger partial charge in [-0.1, -0.05) is 6.07 Å². The fourth-order valence-corrected chi connectivity index (χ4v) is 4.34. The summed E-state index contributed by atoms with van der Waals surface area (Å²) in [5.74, 6) is 0. The summed E-state index contributed by atoms with van der Waals surface area (Å²) in [6.07, 6.45) is 9.64. The van der Waals surface area contributed by atoms with Crippen LogP contribution in [0.25, 0.3) is 0 Å². The number of piperidine rings is 1. The Bertz CT molecular complexity index is 864. The van der Waals surface area contributed by atoms with E-state index in [2.05, 4.69) is 67.1 Å². The summed E-state index contributed by atoms with van der Waals surface area (Å²) in [4.78, 5) is 19.3. The molecule has 0 amide bonds. The highest BCUT2D eigenvalue weighted by Crippen LogP contribution is 2.40. The zero-order chi connectivity index (χ0) is 17.9. The number of rotatable bonds is 4. The van der Waals surface area contributed by atoms with Gasteiger partial charge < -0.3 is 4.98 Å². The summed E-state index contributed by atoms with van der Waals surface area (Å²) in [7, 11) is 2.19. The molecule has 4 rings (SSSR count). The topological polar surface area (TPSA) is 57.7 Å². The van der Waals surface area contributed by atoms with Crippen molar-refractivity contribution in [2.75, 3.05) is 7.05 Å². The van der Waals surface area contributed by atoms with Crippen molar-refractivity contribution >= 4 is 15.9 Å². The van der Waals surface area contributed by atoms with E-state index >= 15 is 0 Å². The third kappa shape index (κ3) is 3.57. The van der Waals surface area contributed by atoms with Crippen LogP contribution in [0.3, 0.4) is 0 Å². The fourth-order valence-electron chi connectivity index (χ4n) is 3.82. The Morgan fingerprint density at radius 3 is 2.88 bits per heavy atom. The summed E-state index contributed by atoms with van der Waals surface area (Å²) in [5.41, 5.74) is 4.41. The first-order valence-corrected chi connectivity index (χ1v) is 9.77. The molecule has 0 saturated carbocycles. The van der Waals surface area contributed by atoms with Crippen molar-refractivity contribution in [3.8, 4) is 0 Å². The van der Waals surface area contributed by atoms with Gasteiger partial charge in [-0.2, -0.15) is 0 Å². The van der Waals surface area contributed by atoms with Gasteiger partial charge in [0.05, 0.1) is 29.8 Å². The van der Waals surface area contributed by atoms with Gasteiger partial charge >= 0.3 is 0 Å². The summed E-state index contributed by atoms with van der Waals surface area (Å²) < 4.78 is 1.08. The second kappa shape index (κ2) is 7.68. The third-order valence-electron chi connectivity index (χ3n) is 5.14. The zero-order valence-electron chi connectivity index (χ0n) is 14.8. The number of halogens is 1. The van der Waals surface area contributed by atoms with Crippen LogP contribution >= 0.6 is 15.9 Å². The van der Waals surface area contributed by atoms with Crippen molar-refractivity contribution in [1.82, 2.24) is 24.8 Å². The van der Waals surface area contributed by atoms with E-state index in [0.717, 1.165) is 46.5 Å². The first-order valence-electron chi connectivity index (χ1n) is 8.98. The van der Waals surface area contributed by atoms with E-state index in [-0.39, 0.29) is 0 Å². The molecule has 5 nitrogen and oxygen atoms in total. The average molecular weight is 412 g/mol. The molecule has 0 spiro atoms. The van der Waals surface area contributed by atoms with E-state index in [1.807, 2.05) is 18.5 Å². The normalized spacial score (nSPS) is 21.0. The second-order valence-electron chi connectivity index (χ2n) is 6.81. The molecule has 3 aromatic rings. The van der Waals surface area contributed by atoms with Gasteiger partial charge in [0.25, 0.3) is 0 Å². The van der Waals surface area contributed by atoms with Crippen LogP contribution in [0.15, 0.2) is 53.5 Å². The first-order chi connectivity index (χ1) is 12.7. The maximum atomic E-state index is 4.95. The van der Waals surface area contributed by atoms with Gasteiger partial charge in [-0.05, 0) is 66.5 Å². The lowest BCUT2D eigenvalue weighted by Gasteiger charge is -2.39. The molecule has 0 aromatic carbocycles. The minimum absolute atomic E-state index is 0.308. The Morgan fingerprint density at radius 1 is 1.19 bits per heavy atom. The van der Waals surface area contributed by atoms with Crippen LogP contribution in [0.4, 0.5) is 0 Å². The number of hydrogen-bond acceptors (Lipinski definition) is 4. The van der Waals surface area contributed by atoms with E-state index in [1.165, 1.54) is 6.42 Å². The molecule has 3 aromatic heterocycles. The summed E-state index contributed by atoms with van der Waals surface area (Å²) in [5, 5.41) is 0. The van der Waals surface area contributed by atoms with Crippen molar-refractivity contribution in [1.29, 1.82) is 0 Å². The highest BCUT2D eigenvalue weighted by atomic mass is 79.9. The van der Waals surface area contributed by atoms with E-state index in [0.29, 0.717) is 12.1 Å². The minimum atomic E-state index is 0.308. The Balaban J connectivity index is 1.58. The van der Waals surface area contributed by atoms with Crippen LogP contribution in [-0.2, 0) is 6.42 Å². The monoisotopic (exact) mass is 411 g/mol. The van der Waals surface area contributed by atoms with Gasteiger partial charge in [0.2, 0.25) is 0 Å². The fraction of sp³-hybridized carbons (Fsp3) is 0.350. The molecule has 1 N–H and O–H groups in total. The summed E-state index contributed by atoms with van der Waals surface area (Å²) in [6, 6.07) is 11.0. The van der Waals surface area contributed by atoms with Gasteiger partial charge in [0.15, 0.2) is 0 Å². The van der Waals surface area contributed by atoms with Gasteiger partial charge in [-0.15, -0.1) is 0 Å². The molecule has 134 valence electrons. The number of imidazole rings is 1. The van der Waals surface area contributed by atoms with E-state index in [1.54, 1.807) is 6.33 Å². The number of H-pyrrole nitrogens is 1. The lowest BCUT2D eigenvalue weighted by atomic mass is 9.92. The van der Waals surface area contributed by atoms with Gasteiger partial charge in [0.1, 0.15) is 0 Å². The van der Waals surface area contributed by atoms with Crippen LogP contribution in [0.2, 0.25) is 0 Å². The molecule has 0 bridgehead atoms. The molecular formula is C20H22BrN5. The van der Waals surface area contributed by atoms with Crippen LogP contribution in [0.5, 0.6) is 0 Å².